The maximum atomic E-state index is 5.53. The largest absolute Gasteiger partial charge is 0.293 e. The van der Waals surface area contributed by atoms with Gasteiger partial charge in [0.25, 0.3) is 0 Å². The van der Waals surface area contributed by atoms with Crippen molar-refractivity contribution in [2.75, 3.05) is 0 Å². The molecule has 5 heteroatoms. The van der Waals surface area contributed by atoms with Crippen LogP contribution in [0.1, 0.15) is 0 Å². The molecule has 8 aromatic rings. The molecule has 0 fully saturated rings. The van der Waals surface area contributed by atoms with Crippen molar-refractivity contribution in [3.05, 3.63) is 121 Å². The summed E-state index contributed by atoms with van der Waals surface area (Å²) in [7, 11) is -2.12. The molecule has 0 aliphatic carbocycles. The van der Waals surface area contributed by atoms with Crippen molar-refractivity contribution < 1.29 is 0 Å². The zero-order valence-corrected chi connectivity index (χ0v) is 23.8. The first-order valence-electron chi connectivity index (χ1n) is 14.1. The molecule has 0 spiro atoms. The second-order valence-electron chi connectivity index (χ2n) is 11.5. The van der Waals surface area contributed by atoms with Gasteiger partial charge in [-0.3, -0.25) is 9.13 Å². The second-order valence-corrected chi connectivity index (χ2v) is 15.7. The first-order valence-corrected chi connectivity index (χ1v) is 17.1. The molecule has 0 radical (unpaired) electrons. The Morgan fingerprint density at radius 1 is 0.488 bits per heavy atom. The Morgan fingerprint density at radius 2 is 0.927 bits per heavy atom. The first-order chi connectivity index (χ1) is 20.1. The molecule has 194 valence electrons. The van der Waals surface area contributed by atoms with E-state index in [0.29, 0.717) is 0 Å². The summed E-state index contributed by atoms with van der Waals surface area (Å²) >= 11 is 0. The standard InChI is InChI=1S/C36H26N4Si/c1-41(2)32-22-12-7-17-27(32)33-34(39-28-18-8-3-13-23(28)24-14-4-9-19-29(24)39)37-36(38-35(33)41)40-30-20-10-5-15-25(30)26-16-6-11-21-31(26)40/h3-22H,1-2H3. The third-order valence-corrected chi connectivity index (χ3v) is 12.2. The normalized spacial score (nSPS) is 13.8. The van der Waals surface area contributed by atoms with E-state index in [2.05, 4.69) is 144 Å². The fourth-order valence-electron chi connectivity index (χ4n) is 7.06. The topological polar surface area (TPSA) is 35.6 Å². The van der Waals surface area contributed by atoms with E-state index in [1.54, 1.807) is 0 Å². The molecule has 4 nitrogen and oxygen atoms in total. The van der Waals surface area contributed by atoms with Gasteiger partial charge < -0.3 is 0 Å². The van der Waals surface area contributed by atoms with E-state index in [0.717, 1.165) is 33.8 Å². The van der Waals surface area contributed by atoms with Crippen LogP contribution < -0.4 is 10.5 Å². The van der Waals surface area contributed by atoms with E-state index in [1.807, 2.05) is 0 Å². The molecule has 5 aromatic carbocycles. The molecule has 4 heterocycles. The van der Waals surface area contributed by atoms with Gasteiger partial charge in [0.2, 0.25) is 5.95 Å². The summed E-state index contributed by atoms with van der Waals surface area (Å²) in [5, 5.41) is 7.51. The minimum atomic E-state index is -2.12. The fourth-order valence-corrected chi connectivity index (χ4v) is 9.96. The third kappa shape index (κ3) is 2.93. The molecule has 0 amide bonds. The predicted molar refractivity (Wildman–Crippen MR) is 173 cm³/mol. The maximum Gasteiger partial charge on any atom is 0.236 e. The van der Waals surface area contributed by atoms with Gasteiger partial charge in [0, 0.05) is 32.4 Å². The van der Waals surface area contributed by atoms with Gasteiger partial charge in [-0.15, -0.1) is 0 Å². The van der Waals surface area contributed by atoms with Crippen LogP contribution in [0.5, 0.6) is 0 Å². The van der Waals surface area contributed by atoms with Crippen LogP contribution in [0.2, 0.25) is 13.1 Å². The average molecular weight is 543 g/mol. The van der Waals surface area contributed by atoms with Gasteiger partial charge in [0.05, 0.1) is 22.1 Å². The molecule has 0 N–H and O–H groups in total. The highest BCUT2D eigenvalue weighted by Crippen LogP contribution is 2.38. The van der Waals surface area contributed by atoms with E-state index in [9.17, 15) is 0 Å². The number of aromatic nitrogens is 4. The summed E-state index contributed by atoms with van der Waals surface area (Å²) in [6, 6.07) is 43.4. The van der Waals surface area contributed by atoms with Gasteiger partial charge in [-0.1, -0.05) is 110 Å². The summed E-state index contributed by atoms with van der Waals surface area (Å²) in [5.41, 5.74) is 7.00. The van der Waals surface area contributed by atoms with Crippen LogP contribution in [0, 0.1) is 0 Å². The van der Waals surface area contributed by atoms with Gasteiger partial charge in [0.1, 0.15) is 8.07 Å². The highest BCUT2D eigenvalue weighted by atomic mass is 28.3. The minimum Gasteiger partial charge on any atom is -0.293 e. The van der Waals surface area contributed by atoms with Gasteiger partial charge in [-0.25, -0.2) is 4.98 Å². The molecule has 0 bridgehead atoms. The van der Waals surface area contributed by atoms with Crippen molar-refractivity contribution in [1.29, 1.82) is 0 Å². The molecule has 9 rings (SSSR count). The van der Waals surface area contributed by atoms with Crippen molar-refractivity contribution >= 4 is 62.2 Å². The van der Waals surface area contributed by atoms with Crippen molar-refractivity contribution in [3.63, 3.8) is 0 Å². The van der Waals surface area contributed by atoms with E-state index in [-0.39, 0.29) is 0 Å². The predicted octanol–water partition coefficient (Wildman–Crippen LogP) is 7.47. The molecule has 0 saturated heterocycles. The van der Waals surface area contributed by atoms with Gasteiger partial charge in [0.15, 0.2) is 5.82 Å². The number of para-hydroxylation sites is 4. The smallest absolute Gasteiger partial charge is 0.236 e. The quantitative estimate of drug-likeness (QED) is 0.212. The Bertz CT molecular complexity index is 2250. The van der Waals surface area contributed by atoms with Crippen LogP contribution in [0.4, 0.5) is 0 Å². The molecule has 0 saturated carbocycles. The lowest BCUT2D eigenvalue weighted by atomic mass is 10.1. The van der Waals surface area contributed by atoms with Crippen LogP contribution in [0.15, 0.2) is 121 Å². The zero-order valence-electron chi connectivity index (χ0n) is 22.8. The number of hydrogen-bond donors (Lipinski definition) is 0. The summed E-state index contributed by atoms with van der Waals surface area (Å²) in [6.07, 6.45) is 0. The Labute approximate surface area is 238 Å². The van der Waals surface area contributed by atoms with Crippen molar-refractivity contribution in [1.82, 2.24) is 19.1 Å². The molecule has 3 aromatic heterocycles. The van der Waals surface area contributed by atoms with Crippen molar-refractivity contribution in [2.45, 2.75) is 13.1 Å². The summed E-state index contributed by atoms with van der Waals surface area (Å²) in [4.78, 5) is 11.0. The van der Waals surface area contributed by atoms with Crippen LogP contribution in [-0.2, 0) is 0 Å². The Hall–Kier alpha value is -5.00. The van der Waals surface area contributed by atoms with Gasteiger partial charge in [-0.05, 0) is 35.0 Å². The van der Waals surface area contributed by atoms with E-state index in [4.69, 9.17) is 9.97 Å². The second kappa shape index (κ2) is 8.02. The lowest BCUT2D eigenvalue weighted by Gasteiger charge is -2.20. The summed E-state index contributed by atoms with van der Waals surface area (Å²) < 4.78 is 4.63. The van der Waals surface area contributed by atoms with Crippen molar-refractivity contribution in [3.8, 4) is 22.9 Å². The van der Waals surface area contributed by atoms with E-state index < -0.39 is 8.07 Å². The van der Waals surface area contributed by atoms with Gasteiger partial charge >= 0.3 is 0 Å². The highest BCUT2D eigenvalue weighted by molar-refractivity contribution is 7.03. The van der Waals surface area contributed by atoms with E-state index in [1.165, 1.54) is 43.2 Å². The molecule has 1 aliphatic rings. The SMILES string of the molecule is C[Si]1(C)c2ccccc2-c2c(-n3c4ccccc4c4ccccc43)nc(-n3c4ccccc4c4ccccc43)nc21. The Morgan fingerprint density at radius 3 is 1.46 bits per heavy atom. The van der Waals surface area contributed by atoms with Gasteiger partial charge in [-0.2, -0.15) is 4.98 Å². The molecular weight excluding hydrogens is 517 g/mol. The number of nitrogens with zero attached hydrogens (tertiary/aromatic N) is 4. The molecule has 41 heavy (non-hydrogen) atoms. The van der Waals surface area contributed by atoms with E-state index >= 15 is 0 Å². The number of benzene rings is 5. The van der Waals surface area contributed by atoms with Crippen molar-refractivity contribution in [2.24, 2.45) is 0 Å². The average Bonchev–Trinajstić information content (AvgIpc) is 3.61. The fraction of sp³-hybridized carbons (Fsp3) is 0.0556. The van der Waals surface area contributed by atoms with Crippen LogP contribution in [-0.4, -0.2) is 27.2 Å². The molecular formula is C36H26N4Si. The highest BCUT2D eigenvalue weighted by Gasteiger charge is 2.42. The number of rotatable bonds is 2. The lowest BCUT2D eigenvalue weighted by Crippen LogP contribution is -2.51. The summed E-state index contributed by atoms with van der Waals surface area (Å²) in [5.74, 6) is 1.68. The summed E-state index contributed by atoms with van der Waals surface area (Å²) in [6.45, 7) is 4.85. The number of hydrogen-bond acceptors (Lipinski definition) is 2. The van der Waals surface area contributed by atoms with Crippen LogP contribution >= 0.6 is 0 Å². The Balaban J connectivity index is 1.49. The molecule has 1 aliphatic heterocycles. The third-order valence-electron chi connectivity index (χ3n) is 8.91. The zero-order chi connectivity index (χ0) is 27.3. The van der Waals surface area contributed by atoms with Crippen LogP contribution in [0.3, 0.4) is 0 Å². The monoisotopic (exact) mass is 542 g/mol. The first kappa shape index (κ1) is 22.8. The Kier molecular flexibility index (Phi) is 4.46. The lowest BCUT2D eigenvalue weighted by molar-refractivity contribution is 0.962. The van der Waals surface area contributed by atoms with Crippen LogP contribution in [0.25, 0.3) is 66.5 Å². The number of fused-ring (bicyclic) bond motifs is 9. The molecule has 0 atom stereocenters. The molecule has 0 unspecified atom stereocenters. The minimum absolute atomic E-state index is 0.728. The maximum absolute atomic E-state index is 5.53.